The molecule has 0 radical (unpaired) electrons. The van der Waals surface area contributed by atoms with Crippen molar-refractivity contribution >= 4 is 16.7 Å². The number of carbonyl (C=O) groups is 1. The molecular formula is C17H13NO2. The van der Waals surface area contributed by atoms with Crippen LogP contribution in [0.5, 0.6) is 0 Å². The van der Waals surface area contributed by atoms with Gasteiger partial charge in [-0.3, -0.25) is 4.79 Å². The summed E-state index contributed by atoms with van der Waals surface area (Å²) in [6.07, 6.45) is 1.79. The van der Waals surface area contributed by atoms with E-state index in [1.807, 2.05) is 42.5 Å². The molecule has 4 rings (SSSR count). The molecule has 2 aromatic carbocycles. The molecule has 0 spiro atoms. The van der Waals surface area contributed by atoms with E-state index < -0.39 is 0 Å². The maximum Gasteiger partial charge on any atom is 0.195 e. The Bertz CT molecular complexity index is 817. The van der Waals surface area contributed by atoms with Crippen molar-refractivity contribution in [2.75, 3.05) is 0 Å². The first-order valence-electron chi connectivity index (χ1n) is 6.63. The summed E-state index contributed by atoms with van der Waals surface area (Å²) in [5.41, 5.74) is 4.73. The first-order valence-corrected chi connectivity index (χ1v) is 6.63. The topological polar surface area (TPSA) is 42.1 Å². The van der Waals surface area contributed by atoms with E-state index in [1.54, 1.807) is 6.20 Å². The minimum atomic E-state index is 0.0529. The minimum absolute atomic E-state index is 0.0529. The number of benzene rings is 2. The van der Waals surface area contributed by atoms with E-state index in [4.69, 9.17) is 4.74 Å². The number of hydrogen-bond acceptors (Lipinski definition) is 2. The van der Waals surface area contributed by atoms with Gasteiger partial charge in [-0.05, 0) is 23.3 Å². The second-order valence-electron chi connectivity index (χ2n) is 5.05. The van der Waals surface area contributed by atoms with Gasteiger partial charge in [0, 0.05) is 28.2 Å². The molecule has 20 heavy (non-hydrogen) atoms. The summed E-state index contributed by atoms with van der Waals surface area (Å²) in [4.78, 5) is 15.8. The van der Waals surface area contributed by atoms with E-state index in [9.17, 15) is 4.79 Å². The van der Waals surface area contributed by atoms with Crippen molar-refractivity contribution in [3.63, 3.8) is 0 Å². The summed E-state index contributed by atoms with van der Waals surface area (Å²) in [5, 5.41) is 0.967. The number of fused-ring (bicyclic) bond motifs is 2. The van der Waals surface area contributed by atoms with Crippen LogP contribution in [-0.2, 0) is 18.0 Å². The van der Waals surface area contributed by atoms with E-state index in [-0.39, 0.29) is 5.78 Å². The van der Waals surface area contributed by atoms with Gasteiger partial charge in [-0.15, -0.1) is 0 Å². The Hall–Kier alpha value is -2.39. The van der Waals surface area contributed by atoms with E-state index in [0.717, 1.165) is 27.6 Å². The highest BCUT2D eigenvalue weighted by molar-refractivity contribution is 6.16. The number of H-pyrrole nitrogens is 1. The van der Waals surface area contributed by atoms with Crippen molar-refractivity contribution in [1.82, 2.24) is 4.98 Å². The van der Waals surface area contributed by atoms with Gasteiger partial charge in [0.1, 0.15) is 0 Å². The number of ether oxygens (including phenoxy) is 1. The molecule has 0 fully saturated rings. The summed E-state index contributed by atoms with van der Waals surface area (Å²) < 4.78 is 5.39. The summed E-state index contributed by atoms with van der Waals surface area (Å²) in [7, 11) is 0. The molecular weight excluding hydrogens is 250 g/mol. The monoisotopic (exact) mass is 263 g/mol. The Morgan fingerprint density at radius 2 is 1.90 bits per heavy atom. The van der Waals surface area contributed by atoms with Crippen molar-refractivity contribution in [2.45, 2.75) is 13.2 Å². The first kappa shape index (κ1) is 11.4. The zero-order valence-corrected chi connectivity index (χ0v) is 10.8. The number of hydrogen-bond donors (Lipinski definition) is 1. The van der Waals surface area contributed by atoms with Crippen LogP contribution in [-0.4, -0.2) is 10.8 Å². The van der Waals surface area contributed by atoms with Crippen LogP contribution in [0.2, 0.25) is 0 Å². The molecule has 1 N–H and O–H groups in total. The molecule has 0 saturated heterocycles. The van der Waals surface area contributed by atoms with E-state index in [0.29, 0.717) is 13.2 Å². The third-order valence-electron chi connectivity index (χ3n) is 3.82. The zero-order chi connectivity index (χ0) is 13.5. The average molecular weight is 263 g/mol. The van der Waals surface area contributed by atoms with Gasteiger partial charge in [0.25, 0.3) is 0 Å². The van der Waals surface area contributed by atoms with Gasteiger partial charge in [-0.2, -0.15) is 0 Å². The quantitative estimate of drug-likeness (QED) is 0.720. The number of ketones is 1. The standard InChI is InChI=1S/C17H13NO2/c19-17(11-5-6-12-9-20-10-13(12)7-11)15-8-18-16-4-2-1-3-14(15)16/h1-8,18H,9-10H2. The minimum Gasteiger partial charge on any atom is -0.372 e. The molecule has 0 aliphatic carbocycles. The van der Waals surface area contributed by atoms with Crippen LogP contribution in [0.25, 0.3) is 10.9 Å². The molecule has 1 aliphatic rings. The van der Waals surface area contributed by atoms with E-state index >= 15 is 0 Å². The molecule has 3 nitrogen and oxygen atoms in total. The molecule has 0 atom stereocenters. The van der Waals surface area contributed by atoms with Gasteiger partial charge in [-0.25, -0.2) is 0 Å². The fraction of sp³-hybridized carbons (Fsp3) is 0.118. The molecule has 1 aliphatic heterocycles. The Kier molecular flexibility index (Phi) is 2.47. The lowest BCUT2D eigenvalue weighted by Gasteiger charge is -2.02. The molecule has 0 saturated carbocycles. The SMILES string of the molecule is O=C(c1ccc2c(c1)COC2)c1c[nH]c2ccccc12. The molecule has 0 unspecified atom stereocenters. The number of nitrogens with one attached hydrogen (secondary N) is 1. The molecule has 3 aromatic rings. The molecule has 1 aromatic heterocycles. The van der Waals surface area contributed by atoms with Crippen molar-refractivity contribution in [2.24, 2.45) is 0 Å². The summed E-state index contributed by atoms with van der Waals surface area (Å²) in [6.45, 7) is 1.25. The summed E-state index contributed by atoms with van der Waals surface area (Å²) >= 11 is 0. The number of aromatic nitrogens is 1. The van der Waals surface area contributed by atoms with Gasteiger partial charge in [0.2, 0.25) is 0 Å². The fourth-order valence-electron chi connectivity index (χ4n) is 2.73. The normalized spacial score (nSPS) is 13.6. The van der Waals surface area contributed by atoms with Crippen LogP contribution in [0.1, 0.15) is 27.0 Å². The Morgan fingerprint density at radius 3 is 2.85 bits per heavy atom. The van der Waals surface area contributed by atoms with Crippen molar-refractivity contribution < 1.29 is 9.53 Å². The number of aromatic amines is 1. The smallest absolute Gasteiger partial charge is 0.195 e. The molecule has 3 heteroatoms. The number of carbonyl (C=O) groups excluding carboxylic acids is 1. The molecule has 2 heterocycles. The predicted octanol–water partition coefficient (Wildman–Crippen LogP) is 3.43. The Balaban J connectivity index is 1.80. The van der Waals surface area contributed by atoms with Gasteiger partial charge in [0.15, 0.2) is 5.78 Å². The fourth-order valence-corrected chi connectivity index (χ4v) is 2.73. The van der Waals surface area contributed by atoms with Crippen molar-refractivity contribution in [3.05, 3.63) is 70.9 Å². The Labute approximate surface area is 116 Å². The molecule has 0 amide bonds. The lowest BCUT2D eigenvalue weighted by molar-refractivity contribution is 0.104. The summed E-state index contributed by atoms with van der Waals surface area (Å²) in [6, 6.07) is 13.7. The van der Waals surface area contributed by atoms with Crippen LogP contribution < -0.4 is 0 Å². The third kappa shape index (κ3) is 1.67. The van der Waals surface area contributed by atoms with Gasteiger partial charge >= 0.3 is 0 Å². The van der Waals surface area contributed by atoms with Gasteiger partial charge in [0.05, 0.1) is 13.2 Å². The number of para-hydroxylation sites is 1. The largest absolute Gasteiger partial charge is 0.372 e. The average Bonchev–Trinajstić information content (AvgIpc) is 3.12. The maximum absolute atomic E-state index is 12.7. The lowest BCUT2D eigenvalue weighted by Crippen LogP contribution is -2.01. The third-order valence-corrected chi connectivity index (χ3v) is 3.82. The van der Waals surface area contributed by atoms with Crippen LogP contribution in [0.3, 0.4) is 0 Å². The molecule has 0 bridgehead atoms. The highest BCUT2D eigenvalue weighted by Gasteiger charge is 2.17. The van der Waals surface area contributed by atoms with E-state index in [2.05, 4.69) is 4.98 Å². The maximum atomic E-state index is 12.7. The van der Waals surface area contributed by atoms with Crippen molar-refractivity contribution in [1.29, 1.82) is 0 Å². The second kappa shape index (κ2) is 4.32. The lowest BCUT2D eigenvalue weighted by atomic mass is 9.99. The van der Waals surface area contributed by atoms with Crippen LogP contribution >= 0.6 is 0 Å². The van der Waals surface area contributed by atoms with Crippen LogP contribution in [0.15, 0.2) is 48.7 Å². The van der Waals surface area contributed by atoms with Crippen molar-refractivity contribution in [3.8, 4) is 0 Å². The highest BCUT2D eigenvalue weighted by atomic mass is 16.5. The zero-order valence-electron chi connectivity index (χ0n) is 10.8. The second-order valence-corrected chi connectivity index (χ2v) is 5.05. The Morgan fingerprint density at radius 1 is 1.05 bits per heavy atom. The van der Waals surface area contributed by atoms with Crippen LogP contribution in [0, 0.1) is 0 Å². The van der Waals surface area contributed by atoms with Gasteiger partial charge in [-0.1, -0.05) is 30.3 Å². The predicted molar refractivity (Wildman–Crippen MR) is 76.7 cm³/mol. The van der Waals surface area contributed by atoms with E-state index in [1.165, 1.54) is 5.56 Å². The highest BCUT2D eigenvalue weighted by Crippen LogP contribution is 2.25. The number of rotatable bonds is 2. The molecule has 98 valence electrons. The van der Waals surface area contributed by atoms with Crippen LogP contribution in [0.4, 0.5) is 0 Å². The first-order chi connectivity index (χ1) is 9.83. The summed E-state index contributed by atoms with van der Waals surface area (Å²) in [5.74, 6) is 0.0529. The van der Waals surface area contributed by atoms with Gasteiger partial charge < -0.3 is 9.72 Å².